The number of aromatic nitrogens is 2. The van der Waals surface area contributed by atoms with Crippen LogP contribution >= 0.6 is 0 Å². The lowest BCUT2D eigenvalue weighted by molar-refractivity contribution is -0.117. The summed E-state index contributed by atoms with van der Waals surface area (Å²) >= 11 is 0. The normalized spacial score (nSPS) is 12.6. The molecule has 1 amide bonds. The zero-order chi connectivity index (χ0) is 13.0. The maximum Gasteiger partial charge on any atom is 0.224 e. The minimum Gasteiger partial charge on any atom is -0.330 e. The molecular formula is C13H18N4O. The second-order valence-corrected chi connectivity index (χ2v) is 4.43. The van der Waals surface area contributed by atoms with Gasteiger partial charge in [0.2, 0.25) is 5.91 Å². The highest BCUT2D eigenvalue weighted by Gasteiger charge is 2.10. The Morgan fingerprint density at radius 3 is 3.11 bits per heavy atom. The van der Waals surface area contributed by atoms with E-state index < -0.39 is 0 Å². The number of H-pyrrole nitrogens is 1. The van der Waals surface area contributed by atoms with Crippen molar-refractivity contribution in [1.29, 1.82) is 0 Å². The molecule has 0 saturated heterocycles. The van der Waals surface area contributed by atoms with E-state index in [-0.39, 0.29) is 11.8 Å². The van der Waals surface area contributed by atoms with Gasteiger partial charge >= 0.3 is 0 Å². The smallest absolute Gasteiger partial charge is 0.224 e. The third-order valence-electron chi connectivity index (χ3n) is 3.11. The van der Waals surface area contributed by atoms with Crippen LogP contribution in [0.4, 0.5) is 5.69 Å². The van der Waals surface area contributed by atoms with Crippen LogP contribution in [0.5, 0.6) is 0 Å². The number of carbonyl (C=O) groups is 1. The van der Waals surface area contributed by atoms with E-state index in [4.69, 9.17) is 5.73 Å². The summed E-state index contributed by atoms with van der Waals surface area (Å²) in [7, 11) is 0. The highest BCUT2D eigenvalue weighted by Crippen LogP contribution is 2.17. The van der Waals surface area contributed by atoms with E-state index in [1.807, 2.05) is 25.1 Å². The van der Waals surface area contributed by atoms with Gasteiger partial charge in [0.25, 0.3) is 0 Å². The van der Waals surface area contributed by atoms with Gasteiger partial charge in [0.05, 0.1) is 11.7 Å². The van der Waals surface area contributed by atoms with Gasteiger partial charge in [-0.15, -0.1) is 0 Å². The molecule has 0 aliphatic rings. The highest BCUT2D eigenvalue weighted by molar-refractivity contribution is 5.93. The Balaban J connectivity index is 2.01. The first-order chi connectivity index (χ1) is 8.72. The maximum atomic E-state index is 11.8. The van der Waals surface area contributed by atoms with Crippen LogP contribution in [0, 0.1) is 5.92 Å². The molecule has 1 unspecified atom stereocenters. The molecule has 1 atom stereocenters. The van der Waals surface area contributed by atoms with E-state index in [2.05, 4.69) is 15.5 Å². The van der Waals surface area contributed by atoms with E-state index in [1.165, 1.54) is 0 Å². The van der Waals surface area contributed by atoms with E-state index in [0.717, 1.165) is 23.0 Å². The first kappa shape index (κ1) is 12.6. The number of carbonyl (C=O) groups excluding carboxylic acids is 1. The fourth-order valence-electron chi connectivity index (χ4n) is 1.89. The number of benzene rings is 1. The molecule has 4 N–H and O–H groups in total. The molecule has 5 nitrogen and oxygen atoms in total. The molecule has 0 bridgehead atoms. The van der Waals surface area contributed by atoms with E-state index in [0.29, 0.717) is 13.0 Å². The van der Waals surface area contributed by atoms with Crippen molar-refractivity contribution in [3.05, 3.63) is 24.4 Å². The van der Waals surface area contributed by atoms with E-state index in [9.17, 15) is 4.79 Å². The van der Waals surface area contributed by atoms with Crippen LogP contribution in [0.2, 0.25) is 0 Å². The van der Waals surface area contributed by atoms with Crippen LogP contribution in [0.3, 0.4) is 0 Å². The lowest BCUT2D eigenvalue weighted by Crippen LogP contribution is -2.21. The topological polar surface area (TPSA) is 83.8 Å². The second-order valence-electron chi connectivity index (χ2n) is 4.43. The fourth-order valence-corrected chi connectivity index (χ4v) is 1.89. The number of amides is 1. The van der Waals surface area contributed by atoms with E-state index in [1.54, 1.807) is 6.20 Å². The molecule has 0 aliphatic carbocycles. The van der Waals surface area contributed by atoms with Crippen LogP contribution < -0.4 is 11.1 Å². The molecule has 18 heavy (non-hydrogen) atoms. The third-order valence-corrected chi connectivity index (χ3v) is 3.11. The Kier molecular flexibility index (Phi) is 3.94. The minimum absolute atomic E-state index is 0.00939. The fraction of sp³-hybridized carbons (Fsp3) is 0.385. The Labute approximate surface area is 106 Å². The van der Waals surface area contributed by atoms with Gasteiger partial charge in [-0.1, -0.05) is 13.3 Å². The molecule has 0 radical (unpaired) electrons. The summed E-state index contributed by atoms with van der Waals surface area (Å²) in [6.07, 6.45) is 3.13. The Morgan fingerprint density at radius 2 is 2.39 bits per heavy atom. The number of anilines is 1. The predicted molar refractivity (Wildman–Crippen MR) is 72.2 cm³/mol. The zero-order valence-electron chi connectivity index (χ0n) is 10.4. The van der Waals surface area contributed by atoms with Gasteiger partial charge in [0.15, 0.2) is 0 Å². The summed E-state index contributed by atoms with van der Waals surface area (Å²) in [6.45, 7) is 2.59. The molecule has 0 saturated carbocycles. The number of hydrogen-bond donors (Lipinski definition) is 3. The minimum atomic E-state index is 0.00939. The Hall–Kier alpha value is -1.88. The SMILES string of the molecule is CCC(CN)CC(=O)Nc1ccc2[nH]ncc2c1. The quantitative estimate of drug-likeness (QED) is 0.753. The van der Waals surface area contributed by atoms with Gasteiger partial charge in [-0.2, -0.15) is 5.10 Å². The highest BCUT2D eigenvalue weighted by atomic mass is 16.1. The maximum absolute atomic E-state index is 11.8. The van der Waals surface area contributed by atoms with Crippen molar-refractivity contribution < 1.29 is 4.79 Å². The summed E-state index contributed by atoms with van der Waals surface area (Å²) in [6, 6.07) is 5.67. The molecule has 96 valence electrons. The largest absolute Gasteiger partial charge is 0.330 e. The molecule has 1 heterocycles. The van der Waals surface area contributed by atoms with Gasteiger partial charge < -0.3 is 11.1 Å². The monoisotopic (exact) mass is 246 g/mol. The average molecular weight is 246 g/mol. The van der Waals surface area contributed by atoms with Crippen molar-refractivity contribution in [2.45, 2.75) is 19.8 Å². The average Bonchev–Trinajstić information content (AvgIpc) is 2.83. The van der Waals surface area contributed by atoms with Crippen molar-refractivity contribution in [1.82, 2.24) is 10.2 Å². The molecule has 0 spiro atoms. The van der Waals surface area contributed by atoms with Crippen molar-refractivity contribution in [3.8, 4) is 0 Å². The molecule has 0 aliphatic heterocycles. The third kappa shape index (κ3) is 2.87. The summed E-state index contributed by atoms with van der Waals surface area (Å²) < 4.78 is 0. The van der Waals surface area contributed by atoms with Crippen LogP contribution in [0.1, 0.15) is 19.8 Å². The summed E-state index contributed by atoms with van der Waals surface area (Å²) in [4.78, 5) is 11.8. The number of hydrogen-bond acceptors (Lipinski definition) is 3. The summed E-state index contributed by atoms with van der Waals surface area (Å²) in [5.41, 5.74) is 7.35. The Morgan fingerprint density at radius 1 is 1.56 bits per heavy atom. The Bertz CT molecular complexity index is 531. The number of fused-ring (bicyclic) bond motifs is 1. The van der Waals surface area contributed by atoms with Crippen LogP contribution in [0.15, 0.2) is 24.4 Å². The molecule has 1 aromatic carbocycles. The van der Waals surface area contributed by atoms with Crippen LogP contribution in [-0.2, 0) is 4.79 Å². The number of nitrogens with one attached hydrogen (secondary N) is 2. The van der Waals surface area contributed by atoms with Crippen molar-refractivity contribution in [3.63, 3.8) is 0 Å². The van der Waals surface area contributed by atoms with Crippen molar-refractivity contribution in [2.24, 2.45) is 11.7 Å². The van der Waals surface area contributed by atoms with Gasteiger partial charge in [0, 0.05) is 17.5 Å². The van der Waals surface area contributed by atoms with Gasteiger partial charge in [-0.25, -0.2) is 0 Å². The number of aromatic amines is 1. The summed E-state index contributed by atoms with van der Waals surface area (Å²) in [5, 5.41) is 10.7. The lowest BCUT2D eigenvalue weighted by Gasteiger charge is -2.11. The second kappa shape index (κ2) is 5.64. The molecule has 1 aromatic heterocycles. The van der Waals surface area contributed by atoms with Crippen molar-refractivity contribution in [2.75, 3.05) is 11.9 Å². The molecular weight excluding hydrogens is 228 g/mol. The van der Waals surface area contributed by atoms with Crippen LogP contribution in [-0.4, -0.2) is 22.6 Å². The molecule has 2 aromatic rings. The first-order valence-electron chi connectivity index (χ1n) is 6.16. The van der Waals surface area contributed by atoms with Gasteiger partial charge in [0.1, 0.15) is 0 Å². The zero-order valence-corrected chi connectivity index (χ0v) is 10.4. The lowest BCUT2D eigenvalue weighted by atomic mass is 10.0. The van der Waals surface area contributed by atoms with Crippen LogP contribution in [0.25, 0.3) is 10.9 Å². The summed E-state index contributed by atoms with van der Waals surface area (Å²) in [5.74, 6) is 0.262. The van der Waals surface area contributed by atoms with Gasteiger partial charge in [-0.3, -0.25) is 9.89 Å². The first-order valence-corrected chi connectivity index (χ1v) is 6.16. The standard InChI is InChI=1S/C13H18N4O/c1-2-9(7-14)5-13(18)16-11-3-4-12-10(6-11)8-15-17-12/h3-4,6,8-9H,2,5,7,14H2,1H3,(H,15,17)(H,16,18). The van der Waals surface area contributed by atoms with E-state index >= 15 is 0 Å². The van der Waals surface area contributed by atoms with Crippen molar-refractivity contribution >= 4 is 22.5 Å². The van der Waals surface area contributed by atoms with Gasteiger partial charge in [-0.05, 0) is 30.7 Å². The number of rotatable bonds is 5. The number of nitrogens with zero attached hydrogens (tertiary/aromatic N) is 1. The molecule has 2 rings (SSSR count). The number of nitrogens with two attached hydrogens (primary N) is 1. The molecule has 0 fully saturated rings. The predicted octanol–water partition coefficient (Wildman–Crippen LogP) is 1.88. The molecule has 5 heteroatoms.